The number of nitrogens with two attached hydrogens (primary N) is 1. The molecule has 2 aromatic carbocycles. The number of nitrogens with zero attached hydrogens (tertiary/aromatic N) is 1. The summed E-state index contributed by atoms with van der Waals surface area (Å²) < 4.78 is 10.8. The Morgan fingerprint density at radius 2 is 1.81 bits per heavy atom. The van der Waals surface area contributed by atoms with Gasteiger partial charge in [0.05, 0.1) is 11.4 Å². The summed E-state index contributed by atoms with van der Waals surface area (Å²) in [5.74, 6) is 1.04. The van der Waals surface area contributed by atoms with Gasteiger partial charge in [0.15, 0.2) is 17.3 Å². The Kier molecular flexibility index (Phi) is 4.56. The number of rotatable bonds is 4. The van der Waals surface area contributed by atoms with Gasteiger partial charge in [-0.05, 0) is 61.5 Å². The molecule has 2 aromatic heterocycles. The summed E-state index contributed by atoms with van der Waals surface area (Å²) in [7, 11) is 0. The van der Waals surface area contributed by atoms with Crippen molar-refractivity contribution >= 4 is 44.6 Å². The first kappa shape index (κ1) is 19.1. The van der Waals surface area contributed by atoms with E-state index in [-0.39, 0.29) is 18.5 Å². The molecule has 0 spiro atoms. The maximum Gasteiger partial charge on any atom is 0.267 e. The molecule has 154 valence electrons. The van der Waals surface area contributed by atoms with Crippen LogP contribution in [0.2, 0.25) is 0 Å². The van der Waals surface area contributed by atoms with Crippen molar-refractivity contribution in [2.75, 3.05) is 17.8 Å². The minimum atomic E-state index is -0.319. The number of hydrogen-bond donors (Lipinski definition) is 2. The summed E-state index contributed by atoms with van der Waals surface area (Å²) in [6.07, 6.45) is 0. The van der Waals surface area contributed by atoms with Crippen LogP contribution >= 0.6 is 11.3 Å². The van der Waals surface area contributed by atoms with Crippen molar-refractivity contribution < 1.29 is 19.1 Å². The Morgan fingerprint density at radius 1 is 1.03 bits per heavy atom. The van der Waals surface area contributed by atoms with Gasteiger partial charge in [0, 0.05) is 22.2 Å². The number of amides is 1. The molecular weight excluding hydrogens is 414 g/mol. The Balaban J connectivity index is 1.44. The van der Waals surface area contributed by atoms with Crippen molar-refractivity contribution in [3.05, 3.63) is 65.0 Å². The number of thiophene rings is 1. The molecule has 7 nitrogen and oxygen atoms in total. The van der Waals surface area contributed by atoms with E-state index < -0.39 is 0 Å². The Morgan fingerprint density at radius 3 is 2.58 bits per heavy atom. The lowest BCUT2D eigenvalue weighted by atomic mass is 10.1. The quantitative estimate of drug-likeness (QED) is 0.453. The maximum atomic E-state index is 12.8. The smallest absolute Gasteiger partial charge is 0.267 e. The Labute approximate surface area is 181 Å². The van der Waals surface area contributed by atoms with Gasteiger partial charge in [-0.3, -0.25) is 9.59 Å². The number of ketones is 1. The van der Waals surface area contributed by atoms with E-state index in [0.717, 1.165) is 16.6 Å². The van der Waals surface area contributed by atoms with Crippen molar-refractivity contribution in [3.8, 4) is 22.8 Å². The first-order valence-corrected chi connectivity index (χ1v) is 10.3. The van der Waals surface area contributed by atoms with E-state index in [0.29, 0.717) is 38.1 Å². The fourth-order valence-electron chi connectivity index (χ4n) is 3.36. The number of carbonyl (C=O) groups excluding carboxylic acids is 2. The number of ether oxygens (including phenoxy) is 2. The van der Waals surface area contributed by atoms with E-state index in [9.17, 15) is 9.59 Å². The predicted octanol–water partition coefficient (Wildman–Crippen LogP) is 4.73. The predicted molar refractivity (Wildman–Crippen MR) is 120 cm³/mol. The normalized spacial score (nSPS) is 12.2. The summed E-state index contributed by atoms with van der Waals surface area (Å²) in [5, 5.41) is 3.55. The number of nitrogens with one attached hydrogen (secondary N) is 1. The van der Waals surface area contributed by atoms with Gasteiger partial charge < -0.3 is 20.5 Å². The second kappa shape index (κ2) is 7.41. The number of carbonyl (C=O) groups is 2. The van der Waals surface area contributed by atoms with Crippen LogP contribution in [-0.4, -0.2) is 23.5 Å². The highest BCUT2D eigenvalue weighted by Crippen LogP contribution is 2.38. The molecule has 0 atom stereocenters. The van der Waals surface area contributed by atoms with Gasteiger partial charge in [0.1, 0.15) is 9.71 Å². The van der Waals surface area contributed by atoms with E-state index >= 15 is 0 Å². The molecule has 4 aromatic rings. The van der Waals surface area contributed by atoms with Crippen LogP contribution in [0, 0.1) is 0 Å². The van der Waals surface area contributed by atoms with Crippen LogP contribution < -0.4 is 20.5 Å². The first-order chi connectivity index (χ1) is 15.0. The average molecular weight is 431 g/mol. The Bertz CT molecular complexity index is 1350. The largest absolute Gasteiger partial charge is 0.454 e. The van der Waals surface area contributed by atoms with Gasteiger partial charge >= 0.3 is 0 Å². The van der Waals surface area contributed by atoms with Crippen molar-refractivity contribution in [2.24, 2.45) is 0 Å². The van der Waals surface area contributed by atoms with Gasteiger partial charge in [-0.1, -0.05) is 0 Å². The number of hydrogen-bond acceptors (Lipinski definition) is 7. The highest BCUT2D eigenvalue weighted by atomic mass is 32.1. The minimum Gasteiger partial charge on any atom is -0.454 e. The molecule has 0 radical (unpaired) electrons. The zero-order valence-corrected chi connectivity index (χ0v) is 17.3. The third-order valence-corrected chi connectivity index (χ3v) is 6.13. The molecule has 0 saturated carbocycles. The van der Waals surface area contributed by atoms with Crippen LogP contribution in [0.4, 0.5) is 11.4 Å². The maximum absolute atomic E-state index is 12.8. The van der Waals surface area contributed by atoms with Crippen LogP contribution in [0.1, 0.15) is 27.0 Å². The summed E-state index contributed by atoms with van der Waals surface area (Å²) >= 11 is 1.24. The van der Waals surface area contributed by atoms with E-state index in [1.807, 2.05) is 30.3 Å². The van der Waals surface area contributed by atoms with Gasteiger partial charge in [0.2, 0.25) is 6.79 Å². The molecule has 3 N–H and O–H groups in total. The fraction of sp³-hybridized carbons (Fsp3) is 0.0870. The SMILES string of the molecule is CC(=O)c1ccc(NC(=O)c2sc3nc(-c4ccc5c(c4)OCO5)ccc3c2N)cc1. The second-order valence-corrected chi connectivity index (χ2v) is 8.05. The highest BCUT2D eigenvalue weighted by molar-refractivity contribution is 7.21. The molecule has 0 bridgehead atoms. The number of Topliss-reactive ketones (excluding diaryl/α,β-unsaturated/α-hetero) is 1. The molecule has 1 amide bonds. The first-order valence-electron chi connectivity index (χ1n) is 9.51. The zero-order chi connectivity index (χ0) is 21.5. The van der Waals surface area contributed by atoms with Gasteiger partial charge in [0.25, 0.3) is 5.91 Å². The van der Waals surface area contributed by atoms with Crippen molar-refractivity contribution in [2.45, 2.75) is 6.92 Å². The number of nitrogen functional groups attached to an aromatic ring is 1. The van der Waals surface area contributed by atoms with E-state index in [1.54, 1.807) is 24.3 Å². The van der Waals surface area contributed by atoms with Crippen LogP contribution in [0.5, 0.6) is 11.5 Å². The molecule has 0 fully saturated rings. The van der Waals surface area contributed by atoms with E-state index in [4.69, 9.17) is 20.2 Å². The molecular formula is C23H17N3O4S. The summed E-state index contributed by atoms with van der Waals surface area (Å²) in [5.41, 5.74) is 9.44. The number of anilines is 2. The monoisotopic (exact) mass is 431 g/mol. The van der Waals surface area contributed by atoms with Gasteiger partial charge in [-0.15, -0.1) is 11.3 Å². The van der Waals surface area contributed by atoms with Gasteiger partial charge in [-0.25, -0.2) is 4.98 Å². The molecule has 8 heteroatoms. The van der Waals surface area contributed by atoms with Gasteiger partial charge in [-0.2, -0.15) is 0 Å². The van der Waals surface area contributed by atoms with Crippen molar-refractivity contribution in [1.29, 1.82) is 0 Å². The number of benzene rings is 2. The second-order valence-electron chi connectivity index (χ2n) is 7.05. The Hall–Kier alpha value is -3.91. The van der Waals surface area contributed by atoms with Crippen LogP contribution in [0.15, 0.2) is 54.6 Å². The third kappa shape index (κ3) is 3.47. The van der Waals surface area contributed by atoms with E-state index in [2.05, 4.69) is 5.32 Å². The average Bonchev–Trinajstić information content (AvgIpc) is 3.37. The van der Waals surface area contributed by atoms with E-state index in [1.165, 1.54) is 18.3 Å². The standard InChI is InChI=1S/C23H17N3O4S/c1-12(27)13-2-5-15(6-3-13)25-22(28)21-20(24)16-7-8-17(26-23(16)31-21)14-4-9-18-19(10-14)30-11-29-18/h2-10H,11,24H2,1H3,(H,25,28). The number of pyridine rings is 1. The molecule has 0 unspecified atom stereocenters. The molecule has 1 aliphatic heterocycles. The fourth-order valence-corrected chi connectivity index (χ4v) is 4.35. The molecule has 1 aliphatic rings. The third-order valence-electron chi connectivity index (χ3n) is 5.02. The molecule has 5 rings (SSSR count). The van der Waals surface area contributed by atoms with Crippen LogP contribution in [0.25, 0.3) is 21.5 Å². The lowest BCUT2D eigenvalue weighted by Gasteiger charge is -2.05. The van der Waals surface area contributed by atoms with Crippen molar-refractivity contribution in [3.63, 3.8) is 0 Å². The lowest BCUT2D eigenvalue weighted by Crippen LogP contribution is -2.12. The number of fused-ring (bicyclic) bond motifs is 2. The lowest BCUT2D eigenvalue weighted by molar-refractivity contribution is 0.101. The summed E-state index contributed by atoms with van der Waals surface area (Å²) in [6, 6.07) is 16.1. The minimum absolute atomic E-state index is 0.0315. The molecule has 0 saturated heterocycles. The van der Waals surface area contributed by atoms with Crippen LogP contribution in [0.3, 0.4) is 0 Å². The highest BCUT2D eigenvalue weighted by Gasteiger charge is 2.19. The zero-order valence-electron chi connectivity index (χ0n) is 16.5. The molecule has 31 heavy (non-hydrogen) atoms. The number of aromatic nitrogens is 1. The topological polar surface area (TPSA) is 104 Å². The molecule has 3 heterocycles. The summed E-state index contributed by atoms with van der Waals surface area (Å²) in [4.78, 5) is 30.0. The van der Waals surface area contributed by atoms with Crippen molar-refractivity contribution in [1.82, 2.24) is 4.98 Å². The van der Waals surface area contributed by atoms with Crippen LogP contribution in [-0.2, 0) is 0 Å². The molecule has 0 aliphatic carbocycles. The summed E-state index contributed by atoms with van der Waals surface area (Å²) in [6.45, 7) is 1.71.